The van der Waals surface area contributed by atoms with E-state index in [4.69, 9.17) is 5.11 Å². The van der Waals surface area contributed by atoms with Gasteiger partial charge in [0.15, 0.2) is 0 Å². The molecule has 0 unspecified atom stereocenters. The second kappa shape index (κ2) is 8.47. The molecule has 124 valence electrons. The number of nitrogens with one attached hydrogen (secondary N) is 2. The zero-order valence-electron chi connectivity index (χ0n) is 12.9. The topological polar surface area (TPSA) is 95.5 Å². The van der Waals surface area contributed by atoms with Crippen molar-refractivity contribution in [3.8, 4) is 0 Å². The molecule has 0 saturated heterocycles. The van der Waals surface area contributed by atoms with Crippen LogP contribution in [0.4, 0.5) is 0 Å². The van der Waals surface area contributed by atoms with Gasteiger partial charge in [-0.1, -0.05) is 60.7 Å². The number of aliphatic carboxylic acids is 1. The van der Waals surface area contributed by atoms with Gasteiger partial charge in [0.05, 0.1) is 12.5 Å². The Bertz CT molecular complexity index is 662. The maximum atomic E-state index is 12.6. The first kappa shape index (κ1) is 17.2. The summed E-state index contributed by atoms with van der Waals surface area (Å²) in [6.07, 6.45) is 0. The predicted octanol–water partition coefficient (Wildman–Crippen LogP) is 1.14. The largest absolute Gasteiger partial charge is 0.480 e. The quantitative estimate of drug-likeness (QED) is 0.711. The zero-order chi connectivity index (χ0) is 17.4. The van der Waals surface area contributed by atoms with Crippen LogP contribution in [0.15, 0.2) is 60.7 Å². The van der Waals surface area contributed by atoms with E-state index in [9.17, 15) is 14.4 Å². The molecule has 0 fully saturated rings. The van der Waals surface area contributed by atoms with E-state index in [-0.39, 0.29) is 12.5 Å². The van der Waals surface area contributed by atoms with Crippen molar-refractivity contribution in [2.75, 3.05) is 13.1 Å². The number of carbonyl (C=O) groups excluding carboxylic acids is 2. The van der Waals surface area contributed by atoms with E-state index in [0.717, 1.165) is 11.1 Å². The maximum absolute atomic E-state index is 12.6. The highest BCUT2D eigenvalue weighted by molar-refractivity contribution is 5.91. The van der Waals surface area contributed by atoms with Crippen molar-refractivity contribution >= 4 is 17.8 Å². The van der Waals surface area contributed by atoms with Gasteiger partial charge in [0.1, 0.15) is 6.54 Å². The number of amides is 2. The summed E-state index contributed by atoms with van der Waals surface area (Å²) in [5.74, 6) is -2.55. The van der Waals surface area contributed by atoms with E-state index in [1.54, 1.807) is 0 Å². The lowest BCUT2D eigenvalue weighted by Crippen LogP contribution is -2.40. The van der Waals surface area contributed by atoms with Crippen molar-refractivity contribution in [1.82, 2.24) is 10.6 Å². The average molecular weight is 326 g/mol. The molecule has 0 aromatic heterocycles. The van der Waals surface area contributed by atoms with Crippen molar-refractivity contribution in [1.29, 1.82) is 0 Å². The number of hydrogen-bond donors (Lipinski definition) is 3. The van der Waals surface area contributed by atoms with Crippen molar-refractivity contribution in [2.45, 2.75) is 5.92 Å². The Morgan fingerprint density at radius 2 is 1.29 bits per heavy atom. The lowest BCUT2D eigenvalue weighted by molar-refractivity contribution is -0.137. The summed E-state index contributed by atoms with van der Waals surface area (Å²) in [6.45, 7) is -0.752. The molecule has 2 rings (SSSR count). The van der Waals surface area contributed by atoms with E-state index in [2.05, 4.69) is 10.6 Å². The third-order valence-electron chi connectivity index (χ3n) is 3.39. The fourth-order valence-corrected chi connectivity index (χ4v) is 2.29. The van der Waals surface area contributed by atoms with Crippen LogP contribution in [0.1, 0.15) is 17.0 Å². The van der Waals surface area contributed by atoms with Gasteiger partial charge in [0.25, 0.3) is 0 Å². The molecular formula is C18H18N2O4. The first-order chi connectivity index (χ1) is 11.6. The van der Waals surface area contributed by atoms with Crippen molar-refractivity contribution < 1.29 is 19.5 Å². The molecule has 2 aromatic rings. The third-order valence-corrected chi connectivity index (χ3v) is 3.39. The Labute approximate surface area is 139 Å². The highest BCUT2D eigenvalue weighted by Gasteiger charge is 2.22. The van der Waals surface area contributed by atoms with E-state index in [1.165, 1.54) is 0 Å². The Kier molecular flexibility index (Phi) is 6.08. The summed E-state index contributed by atoms with van der Waals surface area (Å²) >= 11 is 0. The molecule has 0 heterocycles. The first-order valence-electron chi connectivity index (χ1n) is 7.44. The normalized spacial score (nSPS) is 10.2. The summed E-state index contributed by atoms with van der Waals surface area (Å²) in [7, 11) is 0. The van der Waals surface area contributed by atoms with E-state index in [0.29, 0.717) is 0 Å². The minimum Gasteiger partial charge on any atom is -0.480 e. The van der Waals surface area contributed by atoms with Gasteiger partial charge in [-0.3, -0.25) is 14.4 Å². The summed E-state index contributed by atoms with van der Waals surface area (Å²) in [4.78, 5) is 34.6. The number of benzene rings is 2. The highest BCUT2D eigenvalue weighted by Crippen LogP contribution is 2.24. The van der Waals surface area contributed by atoms with Crippen LogP contribution in [0.5, 0.6) is 0 Å². The van der Waals surface area contributed by atoms with Crippen LogP contribution in [0.3, 0.4) is 0 Å². The van der Waals surface area contributed by atoms with E-state index < -0.39 is 24.3 Å². The van der Waals surface area contributed by atoms with Gasteiger partial charge >= 0.3 is 5.97 Å². The Balaban J connectivity index is 2.09. The lowest BCUT2D eigenvalue weighted by Gasteiger charge is -2.17. The van der Waals surface area contributed by atoms with Crippen molar-refractivity contribution in [2.24, 2.45) is 0 Å². The van der Waals surface area contributed by atoms with Crippen LogP contribution in [0.25, 0.3) is 0 Å². The molecule has 0 aliphatic carbocycles. The summed E-state index contributed by atoms with van der Waals surface area (Å²) < 4.78 is 0. The van der Waals surface area contributed by atoms with Crippen LogP contribution in [0.2, 0.25) is 0 Å². The Morgan fingerprint density at radius 3 is 1.75 bits per heavy atom. The van der Waals surface area contributed by atoms with E-state index in [1.807, 2.05) is 60.7 Å². The summed E-state index contributed by atoms with van der Waals surface area (Å²) in [5, 5.41) is 13.3. The van der Waals surface area contributed by atoms with Crippen LogP contribution in [-0.2, 0) is 14.4 Å². The van der Waals surface area contributed by atoms with Gasteiger partial charge in [-0.15, -0.1) is 0 Å². The van der Waals surface area contributed by atoms with Gasteiger partial charge < -0.3 is 15.7 Å². The predicted molar refractivity (Wildman–Crippen MR) is 88.4 cm³/mol. The molecule has 2 amide bonds. The number of carbonyl (C=O) groups is 3. The van der Waals surface area contributed by atoms with Gasteiger partial charge in [0, 0.05) is 0 Å². The molecule has 0 aliphatic heterocycles. The number of carboxylic acid groups (broad SMARTS) is 1. The summed E-state index contributed by atoms with van der Waals surface area (Å²) in [5.41, 5.74) is 1.62. The fraction of sp³-hybridized carbons (Fsp3) is 0.167. The van der Waals surface area contributed by atoms with Crippen LogP contribution in [0, 0.1) is 0 Å². The van der Waals surface area contributed by atoms with Gasteiger partial charge in [-0.05, 0) is 11.1 Å². The molecule has 24 heavy (non-hydrogen) atoms. The molecule has 0 aliphatic rings. The Hall–Kier alpha value is -3.15. The molecular weight excluding hydrogens is 308 g/mol. The first-order valence-corrected chi connectivity index (χ1v) is 7.44. The molecule has 0 saturated carbocycles. The van der Waals surface area contributed by atoms with E-state index >= 15 is 0 Å². The second-order valence-corrected chi connectivity index (χ2v) is 5.14. The van der Waals surface area contributed by atoms with Gasteiger partial charge in [-0.2, -0.15) is 0 Å². The molecule has 3 N–H and O–H groups in total. The highest BCUT2D eigenvalue weighted by atomic mass is 16.4. The molecule has 2 aromatic carbocycles. The number of carboxylic acids is 1. The molecule has 6 heteroatoms. The van der Waals surface area contributed by atoms with Crippen molar-refractivity contribution in [3.63, 3.8) is 0 Å². The van der Waals surface area contributed by atoms with Gasteiger partial charge in [-0.25, -0.2) is 0 Å². The second-order valence-electron chi connectivity index (χ2n) is 5.14. The Morgan fingerprint density at radius 1 is 0.792 bits per heavy atom. The third kappa shape index (κ3) is 4.95. The maximum Gasteiger partial charge on any atom is 0.322 e. The molecule has 0 bridgehead atoms. The lowest BCUT2D eigenvalue weighted by atomic mass is 9.90. The molecule has 6 nitrogen and oxygen atoms in total. The zero-order valence-corrected chi connectivity index (χ0v) is 12.9. The minimum atomic E-state index is -1.14. The fourth-order valence-electron chi connectivity index (χ4n) is 2.29. The minimum absolute atomic E-state index is 0.276. The standard InChI is InChI=1S/C18H18N2O4/c21-15(19-12-16(22)23)11-20-18(24)17(13-7-3-1-4-8-13)14-9-5-2-6-10-14/h1-10,17H,11-12H2,(H,19,21)(H,20,24)(H,22,23). The van der Waals surface area contributed by atoms with Gasteiger partial charge in [0.2, 0.25) is 11.8 Å². The monoisotopic (exact) mass is 326 g/mol. The summed E-state index contributed by atoms with van der Waals surface area (Å²) in [6, 6.07) is 18.5. The molecule has 0 spiro atoms. The number of hydrogen-bond acceptors (Lipinski definition) is 3. The smallest absolute Gasteiger partial charge is 0.322 e. The number of rotatable bonds is 7. The average Bonchev–Trinajstić information content (AvgIpc) is 2.60. The van der Waals surface area contributed by atoms with Crippen LogP contribution in [-0.4, -0.2) is 36.0 Å². The van der Waals surface area contributed by atoms with Crippen LogP contribution >= 0.6 is 0 Å². The molecule has 0 atom stereocenters. The van der Waals surface area contributed by atoms with Crippen LogP contribution < -0.4 is 10.6 Å². The molecule has 0 radical (unpaired) electrons. The SMILES string of the molecule is O=C(O)CNC(=O)CNC(=O)C(c1ccccc1)c1ccccc1. The van der Waals surface area contributed by atoms with Crippen molar-refractivity contribution in [3.05, 3.63) is 71.8 Å².